The zero-order valence-corrected chi connectivity index (χ0v) is 11.5. The molecular weight excluding hydrogens is 244 g/mol. The summed E-state index contributed by atoms with van der Waals surface area (Å²) in [6, 6.07) is 3.08. The molecule has 1 aliphatic heterocycles. The lowest BCUT2D eigenvalue weighted by Crippen LogP contribution is -2.34. The largest absolute Gasteiger partial charge is 0.381 e. The molecule has 0 saturated carbocycles. The fourth-order valence-electron chi connectivity index (χ4n) is 2.30. The van der Waals surface area contributed by atoms with Crippen LogP contribution in [0.25, 0.3) is 0 Å². The highest BCUT2D eigenvalue weighted by Gasteiger charge is 2.19. The van der Waals surface area contributed by atoms with Crippen LogP contribution in [0.5, 0.6) is 0 Å². The van der Waals surface area contributed by atoms with Crippen LogP contribution in [-0.4, -0.2) is 42.2 Å². The summed E-state index contributed by atoms with van der Waals surface area (Å²) in [5.41, 5.74) is 0.294. The van der Waals surface area contributed by atoms with E-state index in [0.717, 1.165) is 32.6 Å². The van der Waals surface area contributed by atoms with E-state index in [0.29, 0.717) is 11.5 Å². The summed E-state index contributed by atoms with van der Waals surface area (Å²) in [7, 11) is 3.46. The average Bonchev–Trinajstić information content (AvgIpc) is 2.42. The Morgan fingerprint density at radius 2 is 2.16 bits per heavy atom. The van der Waals surface area contributed by atoms with Crippen molar-refractivity contribution in [3.05, 3.63) is 34.2 Å². The summed E-state index contributed by atoms with van der Waals surface area (Å²) in [5, 5.41) is 0. The van der Waals surface area contributed by atoms with Crippen molar-refractivity contribution < 1.29 is 9.53 Å². The Morgan fingerprint density at radius 1 is 1.47 bits per heavy atom. The van der Waals surface area contributed by atoms with Crippen LogP contribution in [0.3, 0.4) is 0 Å². The highest BCUT2D eigenvalue weighted by atomic mass is 16.5. The first kappa shape index (κ1) is 13.8. The van der Waals surface area contributed by atoms with Crippen LogP contribution >= 0.6 is 0 Å². The van der Waals surface area contributed by atoms with E-state index in [-0.39, 0.29) is 11.5 Å². The number of hydrogen-bond acceptors (Lipinski definition) is 3. The second-order valence-corrected chi connectivity index (χ2v) is 5.11. The number of rotatable bonds is 3. The zero-order valence-electron chi connectivity index (χ0n) is 11.5. The molecule has 1 aromatic rings. The number of carbonyl (C=O) groups is 1. The quantitative estimate of drug-likeness (QED) is 0.814. The molecule has 0 atom stereocenters. The smallest absolute Gasteiger partial charge is 0.253 e. The van der Waals surface area contributed by atoms with E-state index in [2.05, 4.69) is 0 Å². The second kappa shape index (κ2) is 6.02. The van der Waals surface area contributed by atoms with Gasteiger partial charge in [0.25, 0.3) is 11.5 Å². The fraction of sp³-hybridized carbons (Fsp3) is 0.571. The normalized spacial score (nSPS) is 16.3. The molecule has 0 unspecified atom stereocenters. The van der Waals surface area contributed by atoms with Gasteiger partial charge in [0.2, 0.25) is 0 Å². The number of amides is 1. The van der Waals surface area contributed by atoms with Crippen molar-refractivity contribution >= 4 is 5.91 Å². The first-order valence-electron chi connectivity index (χ1n) is 6.58. The van der Waals surface area contributed by atoms with Crippen molar-refractivity contribution in [2.45, 2.75) is 12.8 Å². The number of nitrogens with zero attached hydrogens (tertiary/aromatic N) is 2. The SMILES string of the molecule is CN(CC1CCOCC1)C(=O)c1ccn(C)c(=O)c1. The van der Waals surface area contributed by atoms with Crippen LogP contribution in [0, 0.1) is 5.92 Å². The maximum Gasteiger partial charge on any atom is 0.253 e. The Hall–Kier alpha value is -1.62. The minimum Gasteiger partial charge on any atom is -0.381 e. The van der Waals surface area contributed by atoms with Gasteiger partial charge < -0.3 is 14.2 Å². The number of aryl methyl sites for hydroxylation is 1. The standard InChI is InChI=1S/C14H20N2O3/c1-15-6-3-12(9-13(15)17)14(18)16(2)10-11-4-7-19-8-5-11/h3,6,9,11H,4-5,7-8,10H2,1-2H3. The number of carbonyl (C=O) groups excluding carboxylic acids is 1. The number of hydrogen-bond donors (Lipinski definition) is 0. The minimum atomic E-state index is -0.162. The Kier molecular flexibility index (Phi) is 4.37. The van der Waals surface area contributed by atoms with Gasteiger partial charge in [0, 0.05) is 51.7 Å². The summed E-state index contributed by atoms with van der Waals surface area (Å²) >= 11 is 0. The van der Waals surface area contributed by atoms with Crippen molar-refractivity contribution in [1.29, 1.82) is 0 Å². The van der Waals surface area contributed by atoms with E-state index in [1.54, 1.807) is 31.3 Å². The molecule has 0 aromatic carbocycles. The summed E-state index contributed by atoms with van der Waals surface area (Å²) in [6.07, 6.45) is 3.61. The van der Waals surface area contributed by atoms with E-state index in [4.69, 9.17) is 4.74 Å². The Morgan fingerprint density at radius 3 is 2.79 bits per heavy atom. The van der Waals surface area contributed by atoms with Crippen LogP contribution in [0.2, 0.25) is 0 Å². The Balaban J connectivity index is 2.01. The molecule has 0 aliphatic carbocycles. The highest BCUT2D eigenvalue weighted by Crippen LogP contribution is 2.16. The fourth-order valence-corrected chi connectivity index (χ4v) is 2.30. The van der Waals surface area contributed by atoms with Crippen LogP contribution in [0.4, 0.5) is 0 Å². The molecule has 1 fully saturated rings. The molecule has 0 bridgehead atoms. The van der Waals surface area contributed by atoms with Crippen molar-refractivity contribution in [3.63, 3.8) is 0 Å². The predicted octanol–water partition coefficient (Wildman–Crippen LogP) is 0.884. The third kappa shape index (κ3) is 3.44. The molecule has 1 aromatic heterocycles. The molecule has 5 heteroatoms. The van der Waals surface area contributed by atoms with Crippen LogP contribution < -0.4 is 5.56 Å². The molecule has 19 heavy (non-hydrogen) atoms. The molecule has 0 spiro atoms. The van der Waals surface area contributed by atoms with E-state index in [1.807, 2.05) is 0 Å². The molecule has 0 radical (unpaired) electrons. The molecule has 2 heterocycles. The first-order valence-corrected chi connectivity index (χ1v) is 6.58. The van der Waals surface area contributed by atoms with Crippen LogP contribution in [0.15, 0.2) is 23.1 Å². The van der Waals surface area contributed by atoms with Crippen LogP contribution in [0.1, 0.15) is 23.2 Å². The van der Waals surface area contributed by atoms with Gasteiger partial charge in [-0.05, 0) is 24.8 Å². The van der Waals surface area contributed by atoms with E-state index in [9.17, 15) is 9.59 Å². The first-order chi connectivity index (χ1) is 9.08. The van der Waals surface area contributed by atoms with Crippen LogP contribution in [-0.2, 0) is 11.8 Å². The number of ether oxygens (including phenoxy) is 1. The summed E-state index contributed by atoms with van der Waals surface area (Å²) in [6.45, 7) is 2.27. The topological polar surface area (TPSA) is 51.5 Å². The van der Waals surface area contributed by atoms with Crippen molar-refractivity contribution in [2.75, 3.05) is 26.8 Å². The molecule has 1 aliphatic rings. The van der Waals surface area contributed by atoms with Crippen molar-refractivity contribution in [1.82, 2.24) is 9.47 Å². The molecule has 0 N–H and O–H groups in total. The zero-order chi connectivity index (χ0) is 13.8. The van der Waals surface area contributed by atoms with Gasteiger partial charge in [-0.3, -0.25) is 9.59 Å². The van der Waals surface area contributed by atoms with E-state index in [1.165, 1.54) is 10.6 Å². The van der Waals surface area contributed by atoms with E-state index >= 15 is 0 Å². The van der Waals surface area contributed by atoms with Gasteiger partial charge in [-0.1, -0.05) is 0 Å². The lowest BCUT2D eigenvalue weighted by molar-refractivity contribution is 0.0497. The summed E-state index contributed by atoms with van der Waals surface area (Å²) < 4.78 is 6.76. The molecule has 2 rings (SSSR count). The second-order valence-electron chi connectivity index (χ2n) is 5.11. The molecule has 1 saturated heterocycles. The molecule has 104 valence electrons. The lowest BCUT2D eigenvalue weighted by Gasteiger charge is -2.27. The van der Waals surface area contributed by atoms with E-state index < -0.39 is 0 Å². The Labute approximate surface area is 112 Å². The minimum absolute atomic E-state index is 0.0933. The summed E-state index contributed by atoms with van der Waals surface area (Å²) in [4.78, 5) is 25.5. The van der Waals surface area contributed by atoms with Gasteiger partial charge in [-0.2, -0.15) is 0 Å². The summed E-state index contributed by atoms with van der Waals surface area (Å²) in [5.74, 6) is 0.401. The van der Waals surface area contributed by atoms with Gasteiger partial charge >= 0.3 is 0 Å². The predicted molar refractivity (Wildman–Crippen MR) is 72.2 cm³/mol. The lowest BCUT2D eigenvalue weighted by atomic mass is 9.99. The molecule has 1 amide bonds. The number of aromatic nitrogens is 1. The van der Waals surface area contributed by atoms with Gasteiger partial charge in [-0.25, -0.2) is 0 Å². The van der Waals surface area contributed by atoms with Gasteiger partial charge in [0.15, 0.2) is 0 Å². The Bertz CT molecular complexity index is 504. The van der Waals surface area contributed by atoms with Crippen molar-refractivity contribution in [3.8, 4) is 0 Å². The molecule has 5 nitrogen and oxygen atoms in total. The highest BCUT2D eigenvalue weighted by molar-refractivity contribution is 5.93. The van der Waals surface area contributed by atoms with Gasteiger partial charge in [-0.15, -0.1) is 0 Å². The average molecular weight is 264 g/mol. The molecular formula is C14H20N2O3. The monoisotopic (exact) mass is 264 g/mol. The number of pyridine rings is 1. The van der Waals surface area contributed by atoms with Gasteiger partial charge in [0.1, 0.15) is 0 Å². The third-order valence-corrected chi connectivity index (χ3v) is 3.57. The maximum atomic E-state index is 12.2. The van der Waals surface area contributed by atoms with Gasteiger partial charge in [0.05, 0.1) is 0 Å². The third-order valence-electron chi connectivity index (χ3n) is 3.57. The van der Waals surface area contributed by atoms with Crippen molar-refractivity contribution in [2.24, 2.45) is 13.0 Å². The maximum absolute atomic E-state index is 12.2.